The number of phosphoric ester groups is 1. The number of amides is 1. The van der Waals surface area contributed by atoms with Gasteiger partial charge in [0.15, 0.2) is 0 Å². The van der Waals surface area contributed by atoms with Crippen molar-refractivity contribution >= 4 is 19.7 Å². The minimum Gasteiger partial charge on any atom is -0.456 e. The molecule has 0 aliphatic carbocycles. The van der Waals surface area contributed by atoms with Gasteiger partial charge in [0.05, 0.1) is 33.8 Å². The van der Waals surface area contributed by atoms with E-state index < -0.39 is 20.0 Å². The third-order valence-electron chi connectivity index (χ3n) is 13.5. The number of allylic oxidation sites excluding steroid dienone is 7. The van der Waals surface area contributed by atoms with Crippen molar-refractivity contribution in [1.29, 1.82) is 0 Å². The minimum absolute atomic E-state index is 0.0387. The lowest BCUT2D eigenvalue weighted by atomic mass is 10.0. The lowest BCUT2D eigenvalue weighted by Crippen LogP contribution is -2.47. The van der Waals surface area contributed by atoms with Gasteiger partial charge in [0.1, 0.15) is 19.3 Å². The number of hydrogen-bond acceptors (Lipinski definition) is 6. The first-order valence-electron chi connectivity index (χ1n) is 30.5. The van der Waals surface area contributed by atoms with E-state index in [1.807, 2.05) is 33.3 Å². The van der Waals surface area contributed by atoms with Crippen molar-refractivity contribution in [3.63, 3.8) is 0 Å². The molecule has 0 aromatic carbocycles. The number of likely N-dealkylation sites (N-methyl/N-ethyl adjacent to an activating group) is 1. The normalized spacial score (nSPS) is 14.0. The van der Waals surface area contributed by atoms with E-state index in [1.54, 1.807) is 0 Å². The molecule has 0 aliphatic heterocycles. The third-order valence-corrected chi connectivity index (χ3v) is 14.5. The predicted molar refractivity (Wildman–Crippen MR) is 309 cm³/mol. The number of esters is 1. The molecule has 2 N–H and O–H groups in total. The van der Waals surface area contributed by atoms with Gasteiger partial charge >= 0.3 is 13.8 Å². The number of rotatable bonds is 55. The number of ether oxygens (including phenoxy) is 1. The van der Waals surface area contributed by atoms with Crippen molar-refractivity contribution in [3.05, 3.63) is 48.6 Å². The van der Waals surface area contributed by atoms with Crippen molar-refractivity contribution < 1.29 is 37.3 Å². The zero-order chi connectivity index (χ0) is 52.9. The number of unbranched alkanes of at least 4 members (excludes halogenated alkanes) is 33. The molecular formula is C62H118N2O7P+. The topological polar surface area (TPSA) is 111 Å². The van der Waals surface area contributed by atoms with E-state index in [4.69, 9.17) is 13.8 Å². The van der Waals surface area contributed by atoms with E-state index in [0.29, 0.717) is 23.9 Å². The summed E-state index contributed by atoms with van der Waals surface area (Å²) in [5, 5.41) is 3.05. The van der Waals surface area contributed by atoms with Crippen LogP contribution in [0, 0.1) is 0 Å². The molecule has 0 aromatic rings. The highest BCUT2D eigenvalue weighted by Gasteiger charge is 2.30. The molecule has 3 unspecified atom stereocenters. The van der Waals surface area contributed by atoms with Crippen molar-refractivity contribution in [2.45, 2.75) is 296 Å². The predicted octanol–water partition coefficient (Wildman–Crippen LogP) is 18.5. The Hall–Kier alpha value is -2.03. The Labute approximate surface area is 446 Å². The molecule has 10 heteroatoms. The summed E-state index contributed by atoms with van der Waals surface area (Å²) in [6, 6.07) is -0.850. The molecule has 0 aromatic heterocycles. The van der Waals surface area contributed by atoms with Gasteiger partial charge in [0, 0.05) is 12.8 Å². The highest BCUT2D eigenvalue weighted by atomic mass is 31.2. The van der Waals surface area contributed by atoms with E-state index in [9.17, 15) is 19.0 Å². The van der Waals surface area contributed by atoms with Crippen molar-refractivity contribution in [1.82, 2.24) is 5.32 Å². The molecule has 0 saturated carbocycles. The fraction of sp³-hybridized carbons (Fsp3) is 0.839. The molecule has 72 heavy (non-hydrogen) atoms. The molecule has 422 valence electrons. The second kappa shape index (κ2) is 52.4. The largest absolute Gasteiger partial charge is 0.472 e. The smallest absolute Gasteiger partial charge is 0.456 e. The van der Waals surface area contributed by atoms with Crippen LogP contribution in [0.15, 0.2) is 48.6 Å². The van der Waals surface area contributed by atoms with Crippen molar-refractivity contribution in [3.8, 4) is 0 Å². The average Bonchev–Trinajstić information content (AvgIpc) is 3.34. The van der Waals surface area contributed by atoms with Crippen LogP contribution in [0.2, 0.25) is 0 Å². The second-order valence-electron chi connectivity index (χ2n) is 21.8. The van der Waals surface area contributed by atoms with Crippen LogP contribution in [-0.4, -0.2) is 74.3 Å². The quantitative estimate of drug-likeness (QED) is 0.0205. The number of carbonyl (C=O) groups is 2. The number of hydrogen-bond donors (Lipinski definition) is 2. The van der Waals surface area contributed by atoms with E-state index in [2.05, 4.69) is 62.5 Å². The number of phosphoric acid groups is 1. The minimum atomic E-state index is -4.44. The van der Waals surface area contributed by atoms with Crippen LogP contribution in [-0.2, 0) is 27.9 Å². The molecule has 0 bridgehead atoms. The molecule has 0 spiro atoms. The van der Waals surface area contributed by atoms with Crippen LogP contribution in [0.5, 0.6) is 0 Å². The molecule has 9 nitrogen and oxygen atoms in total. The Bertz CT molecular complexity index is 1380. The molecule has 0 radical (unpaired) electrons. The first-order valence-corrected chi connectivity index (χ1v) is 32.0. The number of nitrogens with zero attached hydrogens (tertiary/aromatic N) is 1. The Balaban J connectivity index is 5.18. The van der Waals surface area contributed by atoms with Gasteiger partial charge in [-0.2, -0.15) is 0 Å². The van der Waals surface area contributed by atoms with Crippen molar-refractivity contribution in [2.75, 3.05) is 40.9 Å². The van der Waals surface area contributed by atoms with E-state index in [1.165, 1.54) is 167 Å². The lowest BCUT2D eigenvalue weighted by Gasteiger charge is -2.27. The standard InChI is InChI=1S/C62H117N2O7P/c1-7-10-13-16-19-22-25-27-29-30-31-32-33-34-35-37-40-43-46-49-52-55-62(66)71-60(53-50-47-44-41-38-24-21-18-15-12-9-3)59(58-70-72(67,68)69-57-56-64(4,5)6)63-61(65)54-51-48-45-42-39-36-28-26-23-20-17-14-11-8-2/h11,14,20,23,27,29,50,53,59-60H,7-10,12-13,15-19,21-22,24-26,28,30-49,51-52,54-58H2,1-6H3,(H-,63,65,67,68)/p+1/b14-11+,23-20+,29-27+,53-50-. The van der Waals surface area contributed by atoms with E-state index in [0.717, 1.165) is 83.5 Å². The lowest BCUT2D eigenvalue weighted by molar-refractivity contribution is -0.870. The SMILES string of the molecule is CC/C=C/C/C=C/CCCCCCCCCC(=O)NC(COP(=O)(O)OCC[N+](C)(C)C)C(/C=C\CCCCCCCCCCC)OC(=O)CCCCCCCCCCCCC/C=C/CCCCCCCC. The van der Waals surface area contributed by atoms with Crippen LogP contribution in [0.25, 0.3) is 0 Å². The van der Waals surface area contributed by atoms with Gasteiger partial charge in [-0.1, -0.05) is 237 Å². The maximum atomic E-state index is 13.5. The molecule has 0 heterocycles. The maximum Gasteiger partial charge on any atom is 0.472 e. The summed E-state index contributed by atoms with van der Waals surface area (Å²) in [5.74, 6) is -0.509. The van der Waals surface area contributed by atoms with Gasteiger partial charge in [-0.15, -0.1) is 0 Å². The first-order chi connectivity index (χ1) is 34.9. The first kappa shape index (κ1) is 70.0. The summed E-state index contributed by atoms with van der Waals surface area (Å²) in [6.07, 6.45) is 64.0. The molecule has 1 amide bonds. The summed E-state index contributed by atoms with van der Waals surface area (Å²) in [6.45, 7) is 6.91. The molecule has 3 atom stereocenters. The molecule has 0 rings (SSSR count). The Kier molecular flexibility index (Phi) is 50.9. The fourth-order valence-corrected chi connectivity index (χ4v) is 9.53. The van der Waals surface area contributed by atoms with E-state index >= 15 is 0 Å². The molecule has 0 saturated heterocycles. The third kappa shape index (κ3) is 52.8. The zero-order valence-electron chi connectivity index (χ0n) is 48.2. The number of carbonyl (C=O) groups excluding carboxylic acids is 2. The maximum absolute atomic E-state index is 13.5. The number of quaternary nitrogens is 1. The highest BCUT2D eigenvalue weighted by Crippen LogP contribution is 2.43. The monoisotopic (exact) mass is 1030 g/mol. The molecular weight excluding hydrogens is 916 g/mol. The summed E-state index contributed by atoms with van der Waals surface area (Å²) >= 11 is 0. The van der Waals surface area contributed by atoms with Gasteiger partial charge in [-0.3, -0.25) is 18.6 Å². The zero-order valence-corrected chi connectivity index (χ0v) is 49.1. The number of nitrogens with one attached hydrogen (secondary N) is 1. The van der Waals surface area contributed by atoms with Crippen LogP contribution in [0.4, 0.5) is 0 Å². The summed E-state index contributed by atoms with van der Waals surface area (Å²) in [4.78, 5) is 37.6. The second-order valence-corrected chi connectivity index (χ2v) is 23.3. The molecule has 0 aliphatic rings. The van der Waals surface area contributed by atoms with Gasteiger partial charge in [0.25, 0.3) is 0 Å². The Morgan fingerprint density at radius 2 is 0.889 bits per heavy atom. The van der Waals surface area contributed by atoms with Gasteiger partial charge in [0.2, 0.25) is 5.91 Å². The summed E-state index contributed by atoms with van der Waals surface area (Å²) < 4.78 is 30.6. The van der Waals surface area contributed by atoms with Gasteiger partial charge in [-0.25, -0.2) is 4.57 Å². The van der Waals surface area contributed by atoms with Crippen LogP contribution < -0.4 is 5.32 Å². The van der Waals surface area contributed by atoms with Gasteiger partial charge < -0.3 is 19.4 Å². The Morgan fingerprint density at radius 1 is 0.500 bits per heavy atom. The highest BCUT2D eigenvalue weighted by molar-refractivity contribution is 7.47. The van der Waals surface area contributed by atoms with Gasteiger partial charge in [-0.05, 0) is 83.1 Å². The summed E-state index contributed by atoms with van der Waals surface area (Å²) in [5.41, 5.74) is 0. The van der Waals surface area contributed by atoms with Crippen LogP contribution in [0.1, 0.15) is 284 Å². The fourth-order valence-electron chi connectivity index (χ4n) is 8.80. The molecule has 0 fully saturated rings. The summed E-state index contributed by atoms with van der Waals surface area (Å²) in [7, 11) is 1.49. The van der Waals surface area contributed by atoms with Crippen molar-refractivity contribution in [2.24, 2.45) is 0 Å². The Morgan fingerprint density at radius 3 is 1.33 bits per heavy atom. The van der Waals surface area contributed by atoms with Crippen LogP contribution in [0.3, 0.4) is 0 Å². The van der Waals surface area contributed by atoms with Crippen LogP contribution >= 0.6 is 7.82 Å². The average molecular weight is 1030 g/mol. The van der Waals surface area contributed by atoms with E-state index in [-0.39, 0.29) is 25.1 Å².